The van der Waals surface area contributed by atoms with Gasteiger partial charge in [-0.05, 0) is 96.1 Å². The highest BCUT2D eigenvalue weighted by Crippen LogP contribution is 2.66. The molecule has 0 fully saturated rings. The number of nitrogens with two attached hydrogens (primary N) is 1. The molecule has 8 aromatic rings. The number of rotatable bonds is 7. The van der Waals surface area contributed by atoms with E-state index in [1.807, 2.05) is 54.7 Å². The summed E-state index contributed by atoms with van der Waals surface area (Å²) < 4.78 is 6.51. The number of fused-ring (bicyclic) bond motifs is 12. The number of aldehydes is 1. The van der Waals surface area contributed by atoms with Crippen LogP contribution in [0.25, 0.3) is 44.5 Å². The molecule has 12 rings (SSSR count). The summed E-state index contributed by atoms with van der Waals surface area (Å²) in [4.78, 5) is 18.7. The summed E-state index contributed by atoms with van der Waals surface area (Å²) in [5.74, 6) is 0. The predicted octanol–water partition coefficient (Wildman–Crippen LogP) is 12.7. The van der Waals surface area contributed by atoms with Crippen LogP contribution >= 0.6 is 0 Å². The zero-order valence-corrected chi connectivity index (χ0v) is 43.5. The van der Waals surface area contributed by atoms with E-state index in [2.05, 4.69) is 192 Å². The predicted molar refractivity (Wildman–Crippen MR) is 310 cm³/mol. The number of carbonyl (C=O) groups is 1. The van der Waals surface area contributed by atoms with Crippen molar-refractivity contribution in [2.24, 2.45) is 10.9 Å². The van der Waals surface area contributed by atoms with Gasteiger partial charge in [-0.3, -0.25) is 0 Å². The average molecular weight is 1040 g/mol. The molecule has 0 saturated heterocycles. The Morgan fingerprint density at radius 1 is 0.451 bits per heavy atom. The van der Waals surface area contributed by atoms with Crippen molar-refractivity contribution >= 4 is 70.4 Å². The minimum absolute atomic E-state index is 0. The van der Waals surface area contributed by atoms with Gasteiger partial charge < -0.3 is 20.1 Å². The van der Waals surface area contributed by atoms with Gasteiger partial charge in [0, 0.05) is 65.0 Å². The highest BCUT2D eigenvalue weighted by molar-refractivity contribution is 8.64. The molecule has 0 aromatic heterocycles. The Kier molecular flexibility index (Phi) is 15.7. The quantitative estimate of drug-likeness (QED) is 0.0742. The molecule has 71 heavy (non-hydrogen) atoms. The maximum Gasteiger partial charge on any atom is 0.139 e. The standard InChI is InChI=1S/C30H23NO.C28H20O2.CH5N.CH4.S6/c1-3-29(25-16-8-4-12-21(25)22-13-5-9-17-26(22)29)30(20-31-32-2)27-18-10-6-14-23(27)24-15-7-11-19-28(24)30;1-30-28(25-16-8-4-12-21(25)22-13-5-9-17-26(22)28)27(18-29)23-14-6-2-10-19(23)20-11-3-7-15-24(20)27;1-2;;1-3-5-6-4-2/h3-20H,1H2,2H3;2-18H,1H3;2H2,1H3;1H4;/b31-20-;;;;. The Morgan fingerprint density at radius 3 is 0.958 bits per heavy atom. The van der Waals surface area contributed by atoms with Crippen molar-refractivity contribution in [3.8, 4) is 44.5 Å². The molecule has 356 valence electrons. The second kappa shape index (κ2) is 21.7. The molecular weight excluding hydrogens is 989 g/mol. The summed E-state index contributed by atoms with van der Waals surface area (Å²) >= 11 is 9.03. The van der Waals surface area contributed by atoms with Crippen LogP contribution in [0.2, 0.25) is 0 Å². The smallest absolute Gasteiger partial charge is 0.139 e. The van der Waals surface area contributed by atoms with Gasteiger partial charge in [0.25, 0.3) is 0 Å². The molecule has 0 aliphatic heterocycles. The second-order valence-electron chi connectivity index (χ2n) is 16.7. The van der Waals surface area contributed by atoms with Crippen LogP contribution in [0.4, 0.5) is 0 Å². The topological polar surface area (TPSA) is 73.9 Å². The molecule has 11 heteroatoms. The minimum atomic E-state index is -0.988. The first-order valence-corrected chi connectivity index (χ1v) is 29.2. The first-order chi connectivity index (χ1) is 34.5. The lowest BCUT2D eigenvalue weighted by Crippen LogP contribution is -2.51. The highest BCUT2D eigenvalue weighted by atomic mass is 33.3. The molecule has 2 N–H and O–H groups in total. The number of carbonyl (C=O) groups excluding carboxylic acids is 1. The normalized spacial score (nSPS) is 14.8. The summed E-state index contributed by atoms with van der Waals surface area (Å²) in [7, 11) is 10.5. The number of hydrogen-bond donors (Lipinski definition) is 1. The fourth-order valence-electron chi connectivity index (χ4n) is 12.0. The third-order valence-corrected chi connectivity index (χ3v) is 21.0. The zero-order chi connectivity index (χ0) is 48.9. The van der Waals surface area contributed by atoms with Gasteiger partial charge in [-0.15, -0.1) is 6.58 Å². The molecular formula is C60H52N2O3S6. The van der Waals surface area contributed by atoms with Gasteiger partial charge in [-0.1, -0.05) is 213 Å². The SMILES string of the molecule is C.C=CC1(C2(/C=N\OC)c3ccccc3-c3ccccc32)c2ccccc2-c2ccccc21.CN.COC1(C2(C=O)c3ccccc3-c3ccccc32)c2ccccc2-c2ccccc21.S=S=S=S=S=S. The van der Waals surface area contributed by atoms with E-state index in [0.717, 1.165) is 50.8 Å². The van der Waals surface area contributed by atoms with Crippen LogP contribution in [0.3, 0.4) is 0 Å². The van der Waals surface area contributed by atoms with Crippen LogP contribution in [0.15, 0.2) is 212 Å². The number of allylic oxidation sites excluding steroid dienone is 1. The highest BCUT2D eigenvalue weighted by Gasteiger charge is 2.64. The Balaban J connectivity index is 0.000000164. The lowest BCUT2D eigenvalue weighted by Gasteiger charge is -2.45. The molecule has 8 aromatic carbocycles. The van der Waals surface area contributed by atoms with E-state index in [0.29, 0.717) is 0 Å². The molecule has 5 nitrogen and oxygen atoms in total. The van der Waals surface area contributed by atoms with E-state index in [9.17, 15) is 4.79 Å². The van der Waals surface area contributed by atoms with Crippen molar-refractivity contribution in [3.63, 3.8) is 0 Å². The maximum atomic E-state index is 13.3. The Hall–Kier alpha value is -6.12. The molecule has 0 atom stereocenters. The fraction of sp³-hybridized carbons (Fsp3) is 0.133. The third-order valence-electron chi connectivity index (χ3n) is 14.3. The maximum absolute atomic E-state index is 13.3. The number of oxime groups is 1. The van der Waals surface area contributed by atoms with Crippen LogP contribution in [0, 0.1) is 0 Å². The zero-order valence-electron chi connectivity index (χ0n) is 38.6. The lowest BCUT2D eigenvalue weighted by molar-refractivity contribution is -0.121. The Bertz CT molecular complexity index is 3330. The van der Waals surface area contributed by atoms with Crippen LogP contribution in [0.5, 0.6) is 0 Å². The van der Waals surface area contributed by atoms with Crippen LogP contribution < -0.4 is 5.73 Å². The summed E-state index contributed by atoms with van der Waals surface area (Å²) in [5, 5.41) is 4.43. The molecule has 0 amide bonds. The summed E-state index contributed by atoms with van der Waals surface area (Å²) in [6.07, 6.45) is 5.23. The van der Waals surface area contributed by atoms with Crippen LogP contribution in [-0.4, -0.2) is 33.8 Å². The summed E-state index contributed by atoms with van der Waals surface area (Å²) in [6, 6.07) is 67.8. The van der Waals surface area contributed by atoms with Gasteiger partial charge in [-0.2, -0.15) is 0 Å². The van der Waals surface area contributed by atoms with Crippen molar-refractivity contribution in [2.45, 2.75) is 29.3 Å². The van der Waals surface area contributed by atoms with E-state index in [1.54, 1.807) is 14.2 Å². The summed E-state index contributed by atoms with van der Waals surface area (Å²) in [5.41, 5.74) is 19.8. The summed E-state index contributed by atoms with van der Waals surface area (Å²) in [6.45, 7) is 4.45. The van der Waals surface area contributed by atoms with Crippen molar-refractivity contribution < 1.29 is 14.4 Å². The van der Waals surface area contributed by atoms with Gasteiger partial charge in [0.1, 0.15) is 24.4 Å². The van der Waals surface area contributed by atoms with E-state index in [-0.39, 0.29) is 7.43 Å². The van der Waals surface area contributed by atoms with Crippen molar-refractivity contribution in [3.05, 3.63) is 251 Å². The van der Waals surface area contributed by atoms with E-state index in [4.69, 9.17) is 9.57 Å². The minimum Gasteiger partial charge on any atom is -0.399 e. The number of nitrogens with zero attached hydrogens (tertiary/aromatic N) is 1. The average Bonchev–Trinajstić information content (AvgIpc) is 4.11. The molecule has 4 aliphatic rings. The fourth-order valence-corrected chi connectivity index (χ4v) is 17.5. The molecule has 0 heterocycles. The molecule has 0 radical (unpaired) electrons. The second-order valence-corrected chi connectivity index (χ2v) is 23.8. The first-order valence-electron chi connectivity index (χ1n) is 22.5. The third kappa shape index (κ3) is 7.48. The number of benzene rings is 8. The van der Waals surface area contributed by atoms with E-state index in [1.165, 1.54) is 87.1 Å². The van der Waals surface area contributed by atoms with Crippen molar-refractivity contribution in [1.29, 1.82) is 0 Å². The number of methoxy groups -OCH3 is 1. The van der Waals surface area contributed by atoms with Crippen molar-refractivity contribution in [1.82, 2.24) is 0 Å². The van der Waals surface area contributed by atoms with Crippen LogP contribution in [-0.2, 0) is 94.1 Å². The molecule has 0 saturated carbocycles. The van der Waals surface area contributed by atoms with E-state index < -0.39 is 21.8 Å². The largest absolute Gasteiger partial charge is 0.399 e. The Labute approximate surface area is 438 Å². The number of hydrogen-bond acceptors (Lipinski definition) is 7. The van der Waals surface area contributed by atoms with Gasteiger partial charge in [0.15, 0.2) is 0 Å². The lowest BCUT2D eigenvalue weighted by atomic mass is 9.55. The number of ether oxygens (including phenoxy) is 1. The molecule has 0 bridgehead atoms. The van der Waals surface area contributed by atoms with E-state index >= 15 is 0 Å². The van der Waals surface area contributed by atoms with Crippen molar-refractivity contribution in [2.75, 3.05) is 21.3 Å². The molecule has 0 spiro atoms. The monoisotopic (exact) mass is 1040 g/mol. The van der Waals surface area contributed by atoms with Gasteiger partial charge >= 0.3 is 0 Å². The molecule has 4 aliphatic carbocycles. The van der Waals surface area contributed by atoms with Crippen LogP contribution in [0.1, 0.15) is 51.9 Å². The van der Waals surface area contributed by atoms with Gasteiger partial charge in [-0.25, -0.2) is 0 Å². The first kappa shape index (κ1) is 51.2. The van der Waals surface area contributed by atoms with Gasteiger partial charge in [0.2, 0.25) is 0 Å². The molecule has 0 unspecified atom stereocenters. The Morgan fingerprint density at radius 2 is 0.704 bits per heavy atom. The van der Waals surface area contributed by atoms with Gasteiger partial charge in [0.05, 0.1) is 17.0 Å².